The number of morpholine rings is 1. The van der Waals surface area contributed by atoms with E-state index in [1.807, 2.05) is 18.2 Å². The maximum Gasteiger partial charge on any atom is 0.416 e. The summed E-state index contributed by atoms with van der Waals surface area (Å²) in [6, 6.07) is 19.2. The summed E-state index contributed by atoms with van der Waals surface area (Å²) in [5, 5.41) is 5.76. The highest BCUT2D eigenvalue weighted by atomic mass is 35.5. The van der Waals surface area contributed by atoms with E-state index in [2.05, 4.69) is 36.5 Å². The first-order chi connectivity index (χ1) is 14.8. The van der Waals surface area contributed by atoms with Gasteiger partial charge in [-0.1, -0.05) is 48.5 Å². The van der Waals surface area contributed by atoms with Crippen LogP contribution < -0.4 is 10.2 Å². The van der Waals surface area contributed by atoms with Crippen LogP contribution in [0.4, 0.5) is 18.9 Å². The highest BCUT2D eigenvalue weighted by molar-refractivity contribution is 5.95. The number of carbonyl (C=O) groups excluding carboxylic acids is 1. The zero-order valence-electron chi connectivity index (χ0n) is 17.4. The van der Waals surface area contributed by atoms with Gasteiger partial charge in [0.15, 0.2) is 0 Å². The normalized spacial score (nSPS) is 17.8. The molecule has 0 spiro atoms. The summed E-state index contributed by atoms with van der Waals surface area (Å²) in [6.07, 6.45) is -4.79. The standard InChI is InChI=1S/C24H23F3N2O2.ClH/c1-16(21-11-4-7-17-6-2-3-10-22(17)21)28-13-20-14-29(23(30)15-31-20)19-9-5-8-18(12-19)24(25,26)27;/h2-12,16,20,28H,13-15H2,1H3;1H/t16-,20?;/m1./s1. The second kappa shape index (κ2) is 9.90. The van der Waals surface area contributed by atoms with Gasteiger partial charge in [0.2, 0.25) is 0 Å². The number of amides is 1. The first-order valence-electron chi connectivity index (χ1n) is 10.1. The van der Waals surface area contributed by atoms with Crippen molar-refractivity contribution in [1.29, 1.82) is 0 Å². The van der Waals surface area contributed by atoms with Gasteiger partial charge >= 0.3 is 6.18 Å². The summed E-state index contributed by atoms with van der Waals surface area (Å²) in [6.45, 7) is 2.55. The third kappa shape index (κ3) is 5.23. The number of anilines is 1. The van der Waals surface area contributed by atoms with Crippen molar-refractivity contribution in [2.24, 2.45) is 0 Å². The molecule has 0 bridgehead atoms. The average Bonchev–Trinajstić information content (AvgIpc) is 2.77. The number of halogens is 4. The maximum atomic E-state index is 13.1. The highest BCUT2D eigenvalue weighted by Gasteiger charge is 2.33. The lowest BCUT2D eigenvalue weighted by atomic mass is 9.99. The largest absolute Gasteiger partial charge is 0.416 e. The molecule has 1 aliphatic heterocycles. The van der Waals surface area contributed by atoms with Crippen molar-refractivity contribution in [2.75, 3.05) is 24.6 Å². The van der Waals surface area contributed by atoms with Crippen LogP contribution in [0.1, 0.15) is 24.1 Å². The third-order valence-corrected chi connectivity index (χ3v) is 5.56. The van der Waals surface area contributed by atoms with Crippen molar-refractivity contribution in [3.63, 3.8) is 0 Å². The zero-order valence-corrected chi connectivity index (χ0v) is 18.2. The van der Waals surface area contributed by atoms with E-state index in [1.54, 1.807) is 0 Å². The molecule has 0 saturated carbocycles. The molecule has 0 aliphatic carbocycles. The Morgan fingerprint density at radius 3 is 2.59 bits per heavy atom. The van der Waals surface area contributed by atoms with Crippen LogP contribution in [0.2, 0.25) is 0 Å². The van der Waals surface area contributed by atoms with Crippen LogP contribution in [0.5, 0.6) is 0 Å². The van der Waals surface area contributed by atoms with E-state index >= 15 is 0 Å². The van der Waals surface area contributed by atoms with Crippen LogP contribution in [0, 0.1) is 0 Å². The smallest absolute Gasteiger partial charge is 0.365 e. The molecule has 4 rings (SSSR count). The summed E-state index contributed by atoms with van der Waals surface area (Å²) >= 11 is 0. The molecular weight excluding hydrogens is 441 g/mol. The van der Waals surface area contributed by atoms with E-state index in [-0.39, 0.29) is 49.3 Å². The van der Waals surface area contributed by atoms with E-state index in [4.69, 9.17) is 4.74 Å². The fourth-order valence-corrected chi connectivity index (χ4v) is 3.89. The van der Waals surface area contributed by atoms with Crippen LogP contribution >= 0.6 is 12.4 Å². The second-order valence-electron chi connectivity index (χ2n) is 7.68. The van der Waals surface area contributed by atoms with Gasteiger partial charge in [0.25, 0.3) is 5.91 Å². The number of carbonyl (C=O) groups is 1. The number of hydrogen-bond acceptors (Lipinski definition) is 3. The molecule has 1 saturated heterocycles. The van der Waals surface area contributed by atoms with Crippen molar-refractivity contribution in [2.45, 2.75) is 25.2 Å². The molecule has 1 unspecified atom stereocenters. The Balaban J connectivity index is 0.00000289. The molecule has 3 aromatic rings. The number of ether oxygens (including phenoxy) is 1. The summed E-state index contributed by atoms with van der Waals surface area (Å²) in [7, 11) is 0. The van der Waals surface area contributed by atoms with Gasteiger partial charge in [-0.25, -0.2) is 0 Å². The monoisotopic (exact) mass is 464 g/mol. The Labute approximate surface area is 190 Å². The van der Waals surface area contributed by atoms with Gasteiger partial charge < -0.3 is 15.0 Å². The topological polar surface area (TPSA) is 41.6 Å². The minimum Gasteiger partial charge on any atom is -0.365 e. The van der Waals surface area contributed by atoms with E-state index in [9.17, 15) is 18.0 Å². The molecular formula is C24H24ClF3N2O2. The first-order valence-corrected chi connectivity index (χ1v) is 10.1. The zero-order chi connectivity index (χ0) is 22.0. The quantitative estimate of drug-likeness (QED) is 0.552. The van der Waals surface area contributed by atoms with E-state index in [1.165, 1.54) is 17.0 Å². The summed E-state index contributed by atoms with van der Waals surface area (Å²) < 4.78 is 44.8. The lowest BCUT2D eigenvalue weighted by Gasteiger charge is -2.33. The summed E-state index contributed by atoms with van der Waals surface area (Å²) in [5.41, 5.74) is 0.610. The minimum absolute atomic E-state index is 0. The molecule has 170 valence electrons. The van der Waals surface area contributed by atoms with Crippen LogP contribution in [-0.4, -0.2) is 31.7 Å². The molecule has 4 nitrogen and oxygen atoms in total. The fraction of sp³-hybridized carbons (Fsp3) is 0.292. The van der Waals surface area contributed by atoms with Gasteiger partial charge in [-0.05, 0) is 41.5 Å². The van der Waals surface area contributed by atoms with Crippen molar-refractivity contribution < 1.29 is 22.7 Å². The number of nitrogens with zero attached hydrogens (tertiary/aromatic N) is 1. The molecule has 2 atom stereocenters. The van der Waals surface area contributed by atoms with Crippen molar-refractivity contribution in [3.8, 4) is 0 Å². The van der Waals surface area contributed by atoms with Gasteiger partial charge in [0, 0.05) is 18.3 Å². The SMILES string of the molecule is C[C@@H](NCC1CN(c2cccc(C(F)(F)F)c2)C(=O)CO1)c1cccc2ccccc12.Cl. The summed E-state index contributed by atoms with van der Waals surface area (Å²) in [4.78, 5) is 13.7. The highest BCUT2D eigenvalue weighted by Crippen LogP contribution is 2.32. The maximum absolute atomic E-state index is 13.1. The van der Waals surface area contributed by atoms with Crippen LogP contribution in [0.25, 0.3) is 10.8 Å². The molecule has 1 amide bonds. The Bertz CT molecular complexity index is 1080. The number of nitrogens with one attached hydrogen (secondary N) is 1. The molecule has 1 N–H and O–H groups in total. The number of benzene rings is 3. The number of rotatable bonds is 5. The van der Waals surface area contributed by atoms with Crippen LogP contribution in [-0.2, 0) is 15.7 Å². The lowest BCUT2D eigenvalue weighted by molar-refractivity contribution is -0.137. The molecule has 0 aromatic heterocycles. The van der Waals surface area contributed by atoms with Crippen molar-refractivity contribution >= 4 is 34.8 Å². The Morgan fingerprint density at radius 1 is 1.09 bits per heavy atom. The molecule has 1 fully saturated rings. The van der Waals surface area contributed by atoms with E-state index in [0.29, 0.717) is 6.54 Å². The predicted octanol–water partition coefficient (Wildman–Crippen LogP) is 5.36. The molecule has 0 radical (unpaired) electrons. The van der Waals surface area contributed by atoms with Crippen molar-refractivity contribution in [3.05, 3.63) is 77.9 Å². The molecule has 1 heterocycles. The Morgan fingerprint density at radius 2 is 1.81 bits per heavy atom. The fourth-order valence-electron chi connectivity index (χ4n) is 3.89. The Kier molecular flexibility index (Phi) is 7.44. The van der Waals surface area contributed by atoms with Crippen molar-refractivity contribution in [1.82, 2.24) is 5.32 Å². The third-order valence-electron chi connectivity index (χ3n) is 5.56. The Hall–Kier alpha value is -2.61. The van der Waals surface area contributed by atoms with Crippen LogP contribution in [0.15, 0.2) is 66.7 Å². The number of fused-ring (bicyclic) bond motifs is 1. The van der Waals surface area contributed by atoms with Gasteiger partial charge in [-0.3, -0.25) is 4.79 Å². The predicted molar refractivity (Wildman–Crippen MR) is 121 cm³/mol. The number of hydrogen-bond donors (Lipinski definition) is 1. The van der Waals surface area contributed by atoms with E-state index < -0.39 is 11.7 Å². The first kappa shape index (κ1) is 24.0. The van der Waals surface area contributed by atoms with E-state index in [0.717, 1.165) is 28.5 Å². The second-order valence-corrected chi connectivity index (χ2v) is 7.68. The number of alkyl halides is 3. The summed E-state index contributed by atoms with van der Waals surface area (Å²) in [5.74, 6) is -0.349. The van der Waals surface area contributed by atoms with Gasteiger partial charge in [-0.15, -0.1) is 12.4 Å². The van der Waals surface area contributed by atoms with Gasteiger partial charge in [0.05, 0.1) is 18.2 Å². The van der Waals surface area contributed by atoms with Crippen LogP contribution in [0.3, 0.4) is 0 Å². The average molecular weight is 465 g/mol. The lowest BCUT2D eigenvalue weighted by Crippen LogP contribution is -2.50. The molecule has 1 aliphatic rings. The molecule has 8 heteroatoms. The minimum atomic E-state index is -4.46. The molecule has 3 aromatic carbocycles. The molecule has 32 heavy (non-hydrogen) atoms. The van der Waals surface area contributed by atoms with Gasteiger partial charge in [-0.2, -0.15) is 13.2 Å². The van der Waals surface area contributed by atoms with Gasteiger partial charge in [0.1, 0.15) is 6.61 Å².